The van der Waals surface area contributed by atoms with Crippen LogP contribution in [0.1, 0.15) is 52.8 Å². The van der Waals surface area contributed by atoms with Gasteiger partial charge in [-0.15, -0.1) is 11.3 Å². The van der Waals surface area contributed by atoms with Crippen molar-refractivity contribution >= 4 is 52.3 Å². The highest BCUT2D eigenvalue weighted by atomic mass is 35.5. The largest absolute Gasteiger partial charge is 0.388 e. The van der Waals surface area contributed by atoms with E-state index < -0.39 is 0 Å². The number of nitrogens with one attached hydrogen (secondary N) is 2. The number of aromatic nitrogens is 1. The van der Waals surface area contributed by atoms with Gasteiger partial charge in [-0.2, -0.15) is 0 Å². The van der Waals surface area contributed by atoms with Crippen molar-refractivity contribution < 1.29 is 14.3 Å². The topological polar surface area (TPSA) is 95.9 Å². The minimum Gasteiger partial charge on any atom is -0.388 e. The van der Waals surface area contributed by atoms with E-state index in [1.807, 2.05) is 49.2 Å². The molecule has 0 aliphatic carbocycles. The summed E-state index contributed by atoms with van der Waals surface area (Å²) >= 11 is 7.27. The highest BCUT2D eigenvalue weighted by Crippen LogP contribution is 2.36. The number of amides is 1. The van der Waals surface area contributed by atoms with Crippen LogP contribution in [0.25, 0.3) is 10.6 Å². The van der Waals surface area contributed by atoms with Gasteiger partial charge in [-0.3, -0.25) is 9.59 Å². The van der Waals surface area contributed by atoms with Crippen LogP contribution in [0, 0.1) is 0 Å². The summed E-state index contributed by atoms with van der Waals surface area (Å²) in [5.41, 5.74) is 3.57. The van der Waals surface area contributed by atoms with E-state index in [0.717, 1.165) is 28.9 Å². The van der Waals surface area contributed by atoms with Crippen LogP contribution in [-0.2, 0) is 11.3 Å². The first kappa shape index (κ1) is 29.3. The summed E-state index contributed by atoms with van der Waals surface area (Å²) in [5.74, 6) is 0.573. The second kappa shape index (κ2) is 14.0. The van der Waals surface area contributed by atoms with Gasteiger partial charge in [0.15, 0.2) is 6.29 Å². The van der Waals surface area contributed by atoms with Gasteiger partial charge in [0.1, 0.15) is 15.7 Å². The molecule has 0 atom stereocenters. The molecule has 1 fully saturated rings. The van der Waals surface area contributed by atoms with Crippen molar-refractivity contribution in [1.82, 2.24) is 15.2 Å². The molecule has 8 nitrogen and oxygen atoms in total. The molecule has 0 saturated carbocycles. The molecule has 1 aromatic heterocycles. The van der Waals surface area contributed by atoms with E-state index in [1.54, 1.807) is 19.3 Å². The van der Waals surface area contributed by atoms with Gasteiger partial charge >= 0.3 is 0 Å². The molecule has 0 unspecified atom stereocenters. The fraction of sp³-hybridized carbons (Fsp3) is 0.357. The Morgan fingerprint density at radius 3 is 2.53 bits per heavy atom. The van der Waals surface area contributed by atoms with Crippen molar-refractivity contribution in [2.24, 2.45) is 4.99 Å². The molecule has 1 saturated heterocycles. The second-order valence-electron chi connectivity index (χ2n) is 8.91. The summed E-state index contributed by atoms with van der Waals surface area (Å²) in [7, 11) is 3.72. The highest BCUT2D eigenvalue weighted by molar-refractivity contribution is 7.17. The molecule has 1 aliphatic heterocycles. The van der Waals surface area contributed by atoms with E-state index >= 15 is 0 Å². The molecule has 0 bridgehead atoms. The van der Waals surface area contributed by atoms with Crippen molar-refractivity contribution in [2.45, 2.75) is 39.8 Å². The van der Waals surface area contributed by atoms with Gasteiger partial charge in [0.2, 0.25) is 0 Å². The number of anilines is 1. The molecule has 1 aliphatic rings. The zero-order valence-corrected chi connectivity index (χ0v) is 23.9. The number of rotatable bonds is 8. The fourth-order valence-corrected chi connectivity index (χ4v) is 4.47. The maximum atomic E-state index is 12.5. The Kier molecular flexibility index (Phi) is 10.8. The Morgan fingerprint density at radius 1 is 1.26 bits per heavy atom. The lowest BCUT2D eigenvalue weighted by Crippen LogP contribution is -2.48. The lowest BCUT2D eigenvalue weighted by atomic mass is 10.1. The van der Waals surface area contributed by atoms with Crippen molar-refractivity contribution in [3.63, 3.8) is 0 Å². The number of hydrogen-bond acceptors (Lipinski definition) is 7. The first-order valence-corrected chi connectivity index (χ1v) is 13.7. The van der Waals surface area contributed by atoms with Crippen molar-refractivity contribution in [2.75, 3.05) is 32.6 Å². The summed E-state index contributed by atoms with van der Waals surface area (Å²) in [4.78, 5) is 36.1. The first-order chi connectivity index (χ1) is 18.3. The molecule has 2 aromatic carbocycles. The summed E-state index contributed by atoms with van der Waals surface area (Å²) in [5, 5.41) is 7.39. The van der Waals surface area contributed by atoms with Crippen molar-refractivity contribution in [3.05, 3.63) is 63.6 Å². The van der Waals surface area contributed by atoms with Gasteiger partial charge in [-0.1, -0.05) is 44.0 Å². The van der Waals surface area contributed by atoms with Crippen LogP contribution in [-0.4, -0.2) is 61.3 Å². The van der Waals surface area contributed by atoms with E-state index in [1.165, 1.54) is 17.8 Å². The van der Waals surface area contributed by atoms with E-state index in [4.69, 9.17) is 21.3 Å². The standard InChI is InChI=1S/C25H26ClN5O3S.C3H8/c1-15(31(3)11-16-4-6-18(26)7-5-16)29-21-9-20(22(27-2)8-17(21)12-32)25-28-10-23(35-25)24(33)30-19-13-34-14-19;1-3-2/h4-10,12,19,27H,11,13-14H2,1-3H3,(H,30,33);3H2,1-2H3. The Hall–Kier alpha value is -3.27. The van der Waals surface area contributed by atoms with Crippen LogP contribution in [0.4, 0.5) is 11.4 Å². The van der Waals surface area contributed by atoms with Crippen LogP contribution in [0.2, 0.25) is 5.02 Å². The maximum absolute atomic E-state index is 12.5. The number of hydrogen-bond donors (Lipinski definition) is 2. The average molecular weight is 556 g/mol. The van der Waals surface area contributed by atoms with Crippen LogP contribution < -0.4 is 10.6 Å². The van der Waals surface area contributed by atoms with Gasteiger partial charge in [0.05, 0.1) is 31.1 Å². The SMILES string of the molecule is CCC.CNc1cc(C=O)c(N=C(C)N(C)Cc2ccc(Cl)cc2)cc1-c1ncc(C(=O)NC2COC2)s1. The number of ether oxygens (including phenoxy) is 1. The fourth-order valence-electron chi connectivity index (χ4n) is 3.50. The summed E-state index contributed by atoms with van der Waals surface area (Å²) in [6, 6.07) is 11.3. The lowest BCUT2D eigenvalue weighted by molar-refractivity contribution is -0.00339. The molecule has 202 valence electrons. The molecule has 2 heterocycles. The lowest BCUT2D eigenvalue weighted by Gasteiger charge is -2.26. The van der Waals surface area contributed by atoms with Crippen molar-refractivity contribution in [3.8, 4) is 10.6 Å². The Bertz CT molecular complexity index is 1270. The average Bonchev–Trinajstić information content (AvgIpc) is 3.38. The van der Waals surface area contributed by atoms with Gasteiger partial charge in [0.25, 0.3) is 5.91 Å². The molecule has 0 radical (unpaired) electrons. The Balaban J connectivity index is 0.00000127. The predicted molar refractivity (Wildman–Crippen MR) is 156 cm³/mol. The molecular formula is C28H34ClN5O3S. The monoisotopic (exact) mass is 555 g/mol. The summed E-state index contributed by atoms with van der Waals surface area (Å²) in [6.45, 7) is 7.84. The van der Waals surface area contributed by atoms with E-state index in [-0.39, 0.29) is 11.9 Å². The molecule has 38 heavy (non-hydrogen) atoms. The minimum absolute atomic E-state index is 0.0431. The summed E-state index contributed by atoms with van der Waals surface area (Å²) < 4.78 is 5.11. The van der Waals surface area contributed by atoms with E-state index in [0.29, 0.717) is 45.9 Å². The van der Waals surface area contributed by atoms with Crippen LogP contribution in [0.3, 0.4) is 0 Å². The number of nitrogens with zero attached hydrogens (tertiary/aromatic N) is 3. The smallest absolute Gasteiger partial charge is 0.263 e. The quantitative estimate of drug-likeness (QED) is 0.200. The van der Waals surface area contributed by atoms with Gasteiger partial charge in [0, 0.05) is 42.5 Å². The molecule has 4 rings (SSSR count). The van der Waals surface area contributed by atoms with Crippen LogP contribution in [0.15, 0.2) is 47.6 Å². The third-order valence-electron chi connectivity index (χ3n) is 5.66. The highest BCUT2D eigenvalue weighted by Gasteiger charge is 2.23. The molecular weight excluding hydrogens is 522 g/mol. The van der Waals surface area contributed by atoms with Crippen molar-refractivity contribution in [1.29, 1.82) is 0 Å². The number of carbonyl (C=O) groups excluding carboxylic acids is 2. The van der Waals surface area contributed by atoms with Crippen LogP contribution >= 0.6 is 22.9 Å². The number of aldehydes is 1. The maximum Gasteiger partial charge on any atom is 0.263 e. The zero-order valence-electron chi connectivity index (χ0n) is 22.4. The van der Waals surface area contributed by atoms with Gasteiger partial charge in [-0.25, -0.2) is 9.98 Å². The number of aliphatic imine (C=N–C) groups is 1. The van der Waals surface area contributed by atoms with E-state index in [2.05, 4.69) is 29.5 Å². The molecule has 2 N–H and O–H groups in total. The van der Waals surface area contributed by atoms with Gasteiger partial charge < -0.3 is 20.3 Å². The van der Waals surface area contributed by atoms with Gasteiger partial charge in [-0.05, 0) is 36.8 Å². The number of carbonyl (C=O) groups is 2. The summed E-state index contributed by atoms with van der Waals surface area (Å²) in [6.07, 6.45) is 3.60. The molecule has 0 spiro atoms. The Morgan fingerprint density at radius 2 is 1.95 bits per heavy atom. The third-order valence-corrected chi connectivity index (χ3v) is 6.95. The second-order valence-corrected chi connectivity index (χ2v) is 10.4. The minimum atomic E-state index is -0.171. The predicted octanol–water partition coefficient (Wildman–Crippen LogP) is 6.04. The number of benzene rings is 2. The molecule has 1 amide bonds. The third kappa shape index (κ3) is 7.63. The molecule has 10 heteroatoms. The number of thiazole rings is 1. The Labute approximate surface area is 233 Å². The first-order valence-electron chi connectivity index (χ1n) is 12.5. The molecule has 3 aromatic rings. The van der Waals surface area contributed by atoms with Crippen LogP contribution in [0.5, 0.6) is 0 Å². The zero-order chi connectivity index (χ0) is 27.7. The van der Waals surface area contributed by atoms with E-state index in [9.17, 15) is 9.59 Å². The normalized spacial score (nSPS) is 13.2. The number of amidine groups is 1. The number of halogens is 1.